The molecule has 114 valence electrons. The molecule has 0 saturated carbocycles. The summed E-state index contributed by atoms with van der Waals surface area (Å²) in [4.78, 5) is 21.9. The van der Waals surface area contributed by atoms with Gasteiger partial charge in [0.25, 0.3) is 5.69 Å². The Balaban J connectivity index is 1.99. The van der Waals surface area contributed by atoms with Crippen LogP contribution in [-0.2, 0) is 18.0 Å². The molecular weight excluding hydrogens is 288 g/mol. The first kappa shape index (κ1) is 15.5. The van der Waals surface area contributed by atoms with Crippen LogP contribution >= 0.6 is 0 Å². The molecule has 0 unspecified atom stereocenters. The van der Waals surface area contributed by atoms with E-state index in [2.05, 4.69) is 5.32 Å². The van der Waals surface area contributed by atoms with Gasteiger partial charge in [0.2, 0.25) is 0 Å². The van der Waals surface area contributed by atoms with Crippen molar-refractivity contribution in [1.82, 2.24) is 0 Å². The van der Waals surface area contributed by atoms with E-state index in [1.807, 2.05) is 30.3 Å². The lowest BCUT2D eigenvalue weighted by molar-refractivity contribution is -0.385. The standard InChI is InChI=1S/C15H14N2O5/c18-9-12-6-7-13(8-14(12)17(20)21)16-15(19)22-10-11-4-2-1-3-5-11/h1-8,18H,9-10H2,(H,16,19). The number of nitrogens with zero attached hydrogens (tertiary/aromatic N) is 1. The summed E-state index contributed by atoms with van der Waals surface area (Å²) in [6.07, 6.45) is -0.713. The Kier molecular flexibility index (Phi) is 5.05. The van der Waals surface area contributed by atoms with Crippen molar-refractivity contribution in [1.29, 1.82) is 0 Å². The zero-order valence-electron chi connectivity index (χ0n) is 11.6. The van der Waals surface area contributed by atoms with Crippen LogP contribution in [0.4, 0.5) is 16.2 Å². The van der Waals surface area contributed by atoms with Gasteiger partial charge in [0.15, 0.2) is 0 Å². The van der Waals surface area contributed by atoms with Crippen LogP contribution in [0.5, 0.6) is 0 Å². The van der Waals surface area contributed by atoms with E-state index in [-0.39, 0.29) is 23.5 Å². The van der Waals surface area contributed by atoms with E-state index in [1.54, 1.807) is 0 Å². The Morgan fingerprint density at radius 1 is 1.23 bits per heavy atom. The molecule has 0 bridgehead atoms. The maximum absolute atomic E-state index is 11.7. The molecule has 0 saturated heterocycles. The van der Waals surface area contributed by atoms with Gasteiger partial charge in [0.05, 0.1) is 22.8 Å². The maximum Gasteiger partial charge on any atom is 0.411 e. The SMILES string of the molecule is O=C(Nc1ccc(CO)c([N+](=O)[O-])c1)OCc1ccccc1. The number of nitro benzene ring substituents is 1. The molecule has 0 aliphatic rings. The van der Waals surface area contributed by atoms with Gasteiger partial charge < -0.3 is 9.84 Å². The van der Waals surface area contributed by atoms with Crippen molar-refractivity contribution in [2.75, 3.05) is 5.32 Å². The van der Waals surface area contributed by atoms with Crippen LogP contribution in [0.15, 0.2) is 48.5 Å². The molecule has 0 spiro atoms. The molecule has 2 aromatic rings. The molecule has 0 heterocycles. The first-order valence-corrected chi connectivity index (χ1v) is 6.46. The summed E-state index contributed by atoms with van der Waals surface area (Å²) in [5, 5.41) is 22.3. The predicted molar refractivity (Wildman–Crippen MR) is 79.3 cm³/mol. The number of amides is 1. The van der Waals surface area contributed by atoms with Gasteiger partial charge in [-0.15, -0.1) is 0 Å². The molecule has 2 aromatic carbocycles. The van der Waals surface area contributed by atoms with E-state index in [4.69, 9.17) is 9.84 Å². The highest BCUT2D eigenvalue weighted by Gasteiger charge is 2.15. The molecule has 2 rings (SSSR count). The molecule has 2 N–H and O–H groups in total. The first-order chi connectivity index (χ1) is 10.6. The number of carbonyl (C=O) groups excluding carboxylic acids is 1. The summed E-state index contributed by atoms with van der Waals surface area (Å²) in [6, 6.07) is 13.2. The van der Waals surface area contributed by atoms with Crippen LogP contribution in [0.3, 0.4) is 0 Å². The fourth-order valence-electron chi connectivity index (χ4n) is 1.82. The Hall–Kier alpha value is -2.93. The lowest BCUT2D eigenvalue weighted by Crippen LogP contribution is -2.13. The molecule has 0 aliphatic heterocycles. The van der Waals surface area contributed by atoms with Crippen molar-refractivity contribution in [3.8, 4) is 0 Å². The quantitative estimate of drug-likeness (QED) is 0.653. The third-order valence-electron chi connectivity index (χ3n) is 2.91. The number of aliphatic hydroxyl groups is 1. The molecule has 1 amide bonds. The van der Waals surface area contributed by atoms with Crippen LogP contribution in [0.2, 0.25) is 0 Å². The molecule has 0 aromatic heterocycles. The molecule has 22 heavy (non-hydrogen) atoms. The van der Waals surface area contributed by atoms with Crippen LogP contribution in [-0.4, -0.2) is 16.1 Å². The number of anilines is 1. The Morgan fingerprint density at radius 3 is 2.59 bits per heavy atom. The van der Waals surface area contributed by atoms with Crippen molar-refractivity contribution < 1.29 is 19.6 Å². The van der Waals surface area contributed by atoms with Gasteiger partial charge >= 0.3 is 6.09 Å². The molecule has 0 atom stereocenters. The van der Waals surface area contributed by atoms with Crippen molar-refractivity contribution >= 4 is 17.5 Å². The number of rotatable bonds is 5. The zero-order chi connectivity index (χ0) is 15.9. The second-order valence-electron chi connectivity index (χ2n) is 4.45. The number of aliphatic hydroxyl groups excluding tert-OH is 1. The smallest absolute Gasteiger partial charge is 0.411 e. The van der Waals surface area contributed by atoms with Crippen LogP contribution < -0.4 is 5.32 Å². The fourth-order valence-corrected chi connectivity index (χ4v) is 1.82. The molecule has 7 heteroatoms. The number of nitrogens with one attached hydrogen (secondary N) is 1. The van der Waals surface area contributed by atoms with Crippen LogP contribution in [0, 0.1) is 10.1 Å². The number of benzene rings is 2. The molecule has 0 aliphatic carbocycles. The number of hydrogen-bond acceptors (Lipinski definition) is 5. The number of hydrogen-bond donors (Lipinski definition) is 2. The van der Waals surface area contributed by atoms with Gasteiger partial charge in [0, 0.05) is 6.07 Å². The van der Waals surface area contributed by atoms with Crippen LogP contribution in [0.1, 0.15) is 11.1 Å². The van der Waals surface area contributed by atoms with E-state index in [0.717, 1.165) is 5.56 Å². The zero-order valence-corrected chi connectivity index (χ0v) is 11.6. The molecule has 0 radical (unpaired) electrons. The first-order valence-electron chi connectivity index (χ1n) is 6.46. The van der Waals surface area contributed by atoms with Gasteiger partial charge in [-0.1, -0.05) is 30.3 Å². The highest BCUT2D eigenvalue weighted by atomic mass is 16.6. The highest BCUT2D eigenvalue weighted by Crippen LogP contribution is 2.23. The summed E-state index contributed by atoms with van der Waals surface area (Å²) in [7, 11) is 0. The van der Waals surface area contributed by atoms with E-state index in [0.29, 0.717) is 0 Å². The Bertz CT molecular complexity index is 673. The monoisotopic (exact) mass is 302 g/mol. The molecule has 0 fully saturated rings. The topological polar surface area (TPSA) is 102 Å². The lowest BCUT2D eigenvalue weighted by Gasteiger charge is -2.08. The second-order valence-corrected chi connectivity index (χ2v) is 4.45. The van der Waals surface area contributed by atoms with Crippen molar-refractivity contribution in [2.45, 2.75) is 13.2 Å². The third-order valence-corrected chi connectivity index (χ3v) is 2.91. The van der Waals surface area contributed by atoms with E-state index >= 15 is 0 Å². The van der Waals surface area contributed by atoms with Crippen molar-refractivity contribution in [3.05, 3.63) is 69.8 Å². The van der Waals surface area contributed by atoms with E-state index < -0.39 is 17.6 Å². The predicted octanol–water partition coefficient (Wildman–Crippen LogP) is 2.84. The molecular formula is C15H14N2O5. The van der Waals surface area contributed by atoms with Gasteiger partial charge in [-0.2, -0.15) is 0 Å². The minimum Gasteiger partial charge on any atom is -0.444 e. The fraction of sp³-hybridized carbons (Fsp3) is 0.133. The summed E-state index contributed by atoms with van der Waals surface area (Å²) >= 11 is 0. The Labute approximate surface area is 126 Å². The van der Waals surface area contributed by atoms with Gasteiger partial charge in [-0.3, -0.25) is 15.4 Å². The number of carbonyl (C=O) groups is 1. The van der Waals surface area contributed by atoms with Crippen molar-refractivity contribution in [2.24, 2.45) is 0 Å². The minimum atomic E-state index is -0.713. The average molecular weight is 302 g/mol. The molecule has 7 nitrogen and oxygen atoms in total. The van der Waals surface area contributed by atoms with Crippen molar-refractivity contribution in [3.63, 3.8) is 0 Å². The van der Waals surface area contributed by atoms with Crippen LogP contribution in [0.25, 0.3) is 0 Å². The summed E-state index contributed by atoms with van der Waals surface area (Å²) < 4.78 is 5.02. The maximum atomic E-state index is 11.7. The van der Waals surface area contributed by atoms with Gasteiger partial charge in [-0.25, -0.2) is 4.79 Å². The van der Waals surface area contributed by atoms with E-state index in [1.165, 1.54) is 18.2 Å². The largest absolute Gasteiger partial charge is 0.444 e. The van der Waals surface area contributed by atoms with Gasteiger partial charge in [0.1, 0.15) is 6.61 Å². The summed E-state index contributed by atoms with van der Waals surface area (Å²) in [5.41, 5.74) is 0.970. The average Bonchev–Trinajstić information content (AvgIpc) is 2.54. The summed E-state index contributed by atoms with van der Waals surface area (Å²) in [5.74, 6) is 0. The van der Waals surface area contributed by atoms with Gasteiger partial charge in [-0.05, 0) is 17.7 Å². The normalized spacial score (nSPS) is 10.0. The summed E-state index contributed by atoms with van der Waals surface area (Å²) in [6.45, 7) is -0.349. The highest BCUT2D eigenvalue weighted by molar-refractivity contribution is 5.85. The lowest BCUT2D eigenvalue weighted by atomic mass is 10.1. The third kappa shape index (κ3) is 4.03. The second kappa shape index (κ2) is 7.19. The number of ether oxygens (including phenoxy) is 1. The van der Waals surface area contributed by atoms with E-state index in [9.17, 15) is 14.9 Å². The number of nitro groups is 1. The Morgan fingerprint density at radius 2 is 1.95 bits per heavy atom. The minimum absolute atomic E-state index is 0.101.